The molecule has 13 heavy (non-hydrogen) atoms. The molecule has 0 rings (SSSR count). The molecule has 0 aliphatic rings. The van der Waals surface area contributed by atoms with Gasteiger partial charge >= 0.3 is 0 Å². The molecule has 2 radical (unpaired) electrons. The van der Waals surface area contributed by atoms with Crippen LogP contribution in [0.15, 0.2) is 0 Å². The number of alkyl halides is 2. The van der Waals surface area contributed by atoms with E-state index in [4.69, 9.17) is 7.85 Å². The summed E-state index contributed by atoms with van der Waals surface area (Å²) >= 11 is 3.81. The first-order valence-corrected chi connectivity index (χ1v) is 5.05. The monoisotopic (exact) mass is 206 g/mol. The zero-order chi connectivity index (χ0) is 10.6. The first-order valence-electron chi connectivity index (χ1n) is 4.54. The summed E-state index contributed by atoms with van der Waals surface area (Å²) < 4.78 is 26.6. The lowest BCUT2D eigenvalue weighted by Gasteiger charge is -2.25. The third-order valence-corrected chi connectivity index (χ3v) is 2.79. The molecule has 0 saturated heterocycles. The molecule has 0 amide bonds. The van der Waals surface area contributed by atoms with Crippen molar-refractivity contribution in [3.8, 4) is 0 Å². The van der Waals surface area contributed by atoms with E-state index in [2.05, 4.69) is 12.6 Å². The molecule has 0 saturated carbocycles. The summed E-state index contributed by atoms with van der Waals surface area (Å²) in [5.74, 6) is -0.0630. The van der Waals surface area contributed by atoms with E-state index < -0.39 is 17.0 Å². The van der Waals surface area contributed by atoms with Gasteiger partial charge in [0.15, 0.2) is 0 Å². The van der Waals surface area contributed by atoms with Gasteiger partial charge in [-0.3, -0.25) is 0 Å². The highest BCUT2D eigenvalue weighted by atomic mass is 32.1. The highest BCUT2D eigenvalue weighted by Crippen LogP contribution is 2.27. The van der Waals surface area contributed by atoms with Crippen LogP contribution in [0.3, 0.4) is 0 Å². The summed E-state index contributed by atoms with van der Waals surface area (Å²) in [7, 11) is 5.30. The Morgan fingerprint density at radius 3 is 2.23 bits per heavy atom. The summed E-state index contributed by atoms with van der Waals surface area (Å²) in [5, 5.41) is -0.841. The number of halogens is 2. The number of rotatable bonds is 5. The van der Waals surface area contributed by atoms with Crippen molar-refractivity contribution < 1.29 is 8.78 Å². The van der Waals surface area contributed by atoms with E-state index in [1.165, 1.54) is 6.92 Å². The van der Waals surface area contributed by atoms with Crippen LogP contribution >= 0.6 is 12.6 Å². The Balaban J connectivity index is 3.88. The lowest BCUT2D eigenvalue weighted by molar-refractivity contribution is 0.151. The molecule has 0 aromatic carbocycles. The number of hydrogen-bond acceptors (Lipinski definition) is 1. The van der Waals surface area contributed by atoms with Gasteiger partial charge in [0.05, 0.1) is 7.85 Å². The Labute approximate surface area is 86.3 Å². The van der Waals surface area contributed by atoms with Gasteiger partial charge in [-0.15, -0.1) is 0 Å². The molecule has 76 valence electrons. The smallest absolute Gasteiger partial charge is 0.111 e. The third kappa shape index (κ3) is 4.89. The zero-order valence-electron chi connectivity index (χ0n) is 8.43. The van der Waals surface area contributed by atoms with E-state index in [1.54, 1.807) is 13.8 Å². The second-order valence-corrected chi connectivity index (χ2v) is 4.58. The minimum atomic E-state index is -1.58. The molecular formula is C9H17BF2S. The number of hydrogen-bond donors (Lipinski definition) is 1. The highest BCUT2D eigenvalue weighted by Gasteiger charge is 2.29. The quantitative estimate of drug-likeness (QED) is 0.518. The number of thiol groups is 1. The fourth-order valence-corrected chi connectivity index (χ4v) is 1.03. The molecule has 0 heterocycles. The molecule has 0 aliphatic heterocycles. The minimum absolute atomic E-state index is 0.0630. The van der Waals surface area contributed by atoms with Crippen LogP contribution in [0, 0.1) is 5.92 Å². The van der Waals surface area contributed by atoms with E-state index >= 15 is 0 Å². The standard InChI is InChI=1S/C9H17BF2S/c1-6(2)7(11)4-5-9(3,12)8(10)13/h6-8,13H,4-5H2,1-3H3. The molecule has 4 heteroatoms. The Hall–Kier alpha value is 0.275. The molecule has 3 atom stereocenters. The lowest BCUT2D eigenvalue weighted by atomic mass is 9.84. The van der Waals surface area contributed by atoms with Crippen molar-refractivity contribution in [3.63, 3.8) is 0 Å². The van der Waals surface area contributed by atoms with E-state index in [1.807, 2.05) is 0 Å². The molecule has 0 fully saturated rings. The Bertz CT molecular complexity index is 149. The Morgan fingerprint density at radius 2 is 1.92 bits per heavy atom. The maximum Gasteiger partial charge on any atom is 0.111 e. The van der Waals surface area contributed by atoms with Gasteiger partial charge in [-0.2, -0.15) is 12.6 Å². The minimum Gasteiger partial charge on any atom is -0.247 e. The summed E-state index contributed by atoms with van der Waals surface area (Å²) in [6.07, 6.45) is -0.627. The first-order chi connectivity index (χ1) is 5.77. The second kappa shape index (κ2) is 5.23. The zero-order valence-corrected chi connectivity index (χ0v) is 9.32. The molecule has 0 aromatic rings. The summed E-state index contributed by atoms with van der Waals surface area (Å²) in [5.41, 5.74) is -1.58. The summed E-state index contributed by atoms with van der Waals surface area (Å²) in [4.78, 5) is 0. The van der Waals surface area contributed by atoms with Gasteiger partial charge in [0, 0.05) is 0 Å². The van der Waals surface area contributed by atoms with Crippen LogP contribution < -0.4 is 0 Å². The summed E-state index contributed by atoms with van der Waals surface area (Å²) in [6, 6.07) is 0. The van der Waals surface area contributed by atoms with Crippen LogP contribution in [0.2, 0.25) is 0 Å². The molecule has 0 aliphatic carbocycles. The Morgan fingerprint density at radius 1 is 1.46 bits per heavy atom. The Kier molecular flexibility index (Phi) is 5.34. The van der Waals surface area contributed by atoms with Crippen molar-refractivity contribution in [2.24, 2.45) is 5.92 Å². The highest BCUT2D eigenvalue weighted by molar-refractivity contribution is 7.82. The second-order valence-electron chi connectivity index (χ2n) is 4.02. The predicted octanol–water partition coefficient (Wildman–Crippen LogP) is 2.91. The third-order valence-electron chi connectivity index (χ3n) is 2.25. The average Bonchev–Trinajstić information content (AvgIpc) is 1.99. The maximum absolute atomic E-state index is 13.5. The van der Waals surface area contributed by atoms with Gasteiger partial charge in [-0.05, 0) is 30.8 Å². The van der Waals surface area contributed by atoms with Gasteiger partial charge in [-0.1, -0.05) is 13.8 Å². The average molecular weight is 206 g/mol. The van der Waals surface area contributed by atoms with E-state index in [0.29, 0.717) is 0 Å². The lowest BCUT2D eigenvalue weighted by Crippen LogP contribution is -2.32. The van der Waals surface area contributed by atoms with Crippen molar-refractivity contribution in [2.45, 2.75) is 50.6 Å². The molecule has 0 bridgehead atoms. The normalized spacial score (nSPS) is 21.2. The first kappa shape index (κ1) is 13.3. The van der Waals surface area contributed by atoms with Gasteiger partial charge < -0.3 is 0 Å². The van der Waals surface area contributed by atoms with Crippen LogP contribution in [-0.2, 0) is 0 Å². The van der Waals surface area contributed by atoms with Gasteiger partial charge in [0.25, 0.3) is 0 Å². The van der Waals surface area contributed by atoms with Crippen LogP contribution in [0.25, 0.3) is 0 Å². The van der Waals surface area contributed by atoms with Crippen molar-refractivity contribution in [1.82, 2.24) is 0 Å². The van der Waals surface area contributed by atoms with Crippen LogP contribution in [0.4, 0.5) is 8.78 Å². The van der Waals surface area contributed by atoms with Crippen LogP contribution in [-0.4, -0.2) is 24.8 Å². The van der Waals surface area contributed by atoms with Gasteiger partial charge in [0.1, 0.15) is 11.8 Å². The predicted molar refractivity (Wildman–Crippen MR) is 57.0 cm³/mol. The van der Waals surface area contributed by atoms with Crippen molar-refractivity contribution >= 4 is 20.5 Å². The molecule has 0 spiro atoms. The largest absolute Gasteiger partial charge is 0.247 e. The molecule has 0 N–H and O–H groups in total. The summed E-state index contributed by atoms with van der Waals surface area (Å²) in [6.45, 7) is 4.92. The van der Waals surface area contributed by atoms with E-state index in [-0.39, 0.29) is 18.8 Å². The molecule has 0 aromatic heterocycles. The van der Waals surface area contributed by atoms with Crippen molar-refractivity contribution in [1.29, 1.82) is 0 Å². The topological polar surface area (TPSA) is 0 Å². The fraction of sp³-hybridized carbons (Fsp3) is 1.00. The van der Waals surface area contributed by atoms with Crippen LogP contribution in [0.1, 0.15) is 33.6 Å². The van der Waals surface area contributed by atoms with E-state index in [0.717, 1.165) is 0 Å². The maximum atomic E-state index is 13.5. The van der Waals surface area contributed by atoms with Gasteiger partial charge in [0.2, 0.25) is 0 Å². The van der Waals surface area contributed by atoms with Gasteiger partial charge in [-0.25, -0.2) is 8.78 Å². The molecule has 3 unspecified atom stereocenters. The SMILES string of the molecule is [B]C(S)C(C)(F)CCC(F)C(C)C. The van der Waals surface area contributed by atoms with Crippen LogP contribution in [0.5, 0.6) is 0 Å². The van der Waals surface area contributed by atoms with Crippen molar-refractivity contribution in [2.75, 3.05) is 0 Å². The fourth-order valence-electron chi connectivity index (χ4n) is 0.901. The van der Waals surface area contributed by atoms with Crippen molar-refractivity contribution in [3.05, 3.63) is 0 Å². The molecule has 0 nitrogen and oxygen atoms in total. The molecular weight excluding hydrogens is 189 g/mol. The van der Waals surface area contributed by atoms with E-state index in [9.17, 15) is 8.78 Å².